The average molecular weight is 292 g/mol. The van der Waals surface area contributed by atoms with Gasteiger partial charge in [-0.1, -0.05) is 6.92 Å². The van der Waals surface area contributed by atoms with E-state index in [-0.39, 0.29) is 24.2 Å². The van der Waals surface area contributed by atoms with Crippen molar-refractivity contribution in [3.05, 3.63) is 29.8 Å². The van der Waals surface area contributed by atoms with E-state index < -0.39 is 0 Å². The van der Waals surface area contributed by atoms with E-state index >= 15 is 0 Å². The highest BCUT2D eigenvalue weighted by molar-refractivity contribution is 5.97. The lowest BCUT2D eigenvalue weighted by Crippen LogP contribution is -2.36. The number of benzene rings is 1. The molecule has 0 aliphatic carbocycles. The number of nitrogens with one attached hydrogen (secondary N) is 1. The summed E-state index contributed by atoms with van der Waals surface area (Å²) in [6.07, 6.45) is 0. The van der Waals surface area contributed by atoms with Crippen LogP contribution in [0.5, 0.6) is 5.75 Å². The maximum atomic E-state index is 12.2. The molecule has 0 fully saturated rings. The highest BCUT2D eigenvalue weighted by atomic mass is 16.5. The quantitative estimate of drug-likeness (QED) is 0.739. The van der Waals surface area contributed by atoms with Gasteiger partial charge in [0, 0.05) is 25.1 Å². The van der Waals surface area contributed by atoms with Crippen molar-refractivity contribution in [2.24, 2.45) is 5.92 Å². The summed E-state index contributed by atoms with van der Waals surface area (Å²) in [7, 11) is 3.45. The number of ketones is 1. The Kier molecular flexibility index (Phi) is 6.88. The van der Waals surface area contributed by atoms with Crippen LogP contribution >= 0.6 is 0 Å². The topological polar surface area (TPSA) is 58.6 Å². The summed E-state index contributed by atoms with van der Waals surface area (Å²) in [5.74, 6) is 0.629. The third-order valence-electron chi connectivity index (χ3n) is 3.18. The summed E-state index contributed by atoms with van der Waals surface area (Å²) >= 11 is 0. The van der Waals surface area contributed by atoms with Gasteiger partial charge in [-0.05, 0) is 38.2 Å². The standard InChI is InChI=1S/C16H24N2O3/c1-5-21-14-8-6-13(7-9-14)15(19)11-18(4)10-12(2)16(20)17-3/h6-9,12H,5,10-11H2,1-4H3,(H,17,20). The SMILES string of the molecule is CCOc1ccc(C(=O)CN(C)CC(C)C(=O)NC)cc1. The van der Waals surface area contributed by atoms with Gasteiger partial charge in [0.15, 0.2) is 5.78 Å². The number of Topliss-reactive ketones (excluding diaryl/α,β-unsaturated/α-hetero) is 1. The highest BCUT2D eigenvalue weighted by Gasteiger charge is 2.16. The van der Waals surface area contributed by atoms with Gasteiger partial charge in [-0.3, -0.25) is 14.5 Å². The molecule has 5 heteroatoms. The Morgan fingerprint density at radius 2 is 1.90 bits per heavy atom. The minimum absolute atomic E-state index is 0.0182. The first kappa shape index (κ1) is 17.2. The molecule has 0 saturated carbocycles. The average Bonchev–Trinajstić information content (AvgIpc) is 2.47. The number of carbonyl (C=O) groups excluding carboxylic acids is 2. The second kappa shape index (κ2) is 8.42. The third-order valence-corrected chi connectivity index (χ3v) is 3.18. The lowest BCUT2D eigenvalue weighted by Gasteiger charge is -2.19. The second-order valence-electron chi connectivity index (χ2n) is 5.09. The number of amides is 1. The number of carbonyl (C=O) groups is 2. The predicted octanol–water partition coefficient (Wildman–Crippen LogP) is 1.58. The summed E-state index contributed by atoms with van der Waals surface area (Å²) < 4.78 is 5.35. The van der Waals surface area contributed by atoms with Crippen molar-refractivity contribution in [2.45, 2.75) is 13.8 Å². The van der Waals surface area contributed by atoms with Crippen molar-refractivity contribution < 1.29 is 14.3 Å². The van der Waals surface area contributed by atoms with E-state index in [1.165, 1.54) is 0 Å². The van der Waals surface area contributed by atoms with Gasteiger partial charge < -0.3 is 10.1 Å². The number of rotatable bonds is 8. The molecule has 21 heavy (non-hydrogen) atoms. The molecule has 1 aromatic carbocycles. The Labute approximate surface area is 126 Å². The number of hydrogen-bond acceptors (Lipinski definition) is 4. The molecule has 0 bridgehead atoms. The smallest absolute Gasteiger partial charge is 0.223 e. The van der Waals surface area contributed by atoms with Crippen LogP contribution in [0.1, 0.15) is 24.2 Å². The minimum atomic E-state index is -0.145. The van der Waals surface area contributed by atoms with Crippen molar-refractivity contribution in [3.63, 3.8) is 0 Å². The number of hydrogen-bond donors (Lipinski definition) is 1. The van der Waals surface area contributed by atoms with Crippen LogP contribution in [0, 0.1) is 5.92 Å². The summed E-state index contributed by atoms with van der Waals surface area (Å²) in [4.78, 5) is 25.5. The molecule has 0 aliphatic rings. The first-order valence-electron chi connectivity index (χ1n) is 7.14. The zero-order chi connectivity index (χ0) is 15.8. The molecule has 0 spiro atoms. The van der Waals surface area contributed by atoms with Crippen molar-refractivity contribution in [1.29, 1.82) is 0 Å². The molecule has 0 aromatic heterocycles. The lowest BCUT2D eigenvalue weighted by molar-refractivity contribution is -0.124. The van der Waals surface area contributed by atoms with Crippen molar-refractivity contribution >= 4 is 11.7 Å². The summed E-state index contributed by atoms with van der Waals surface area (Å²) in [5, 5.41) is 2.61. The summed E-state index contributed by atoms with van der Waals surface area (Å²) in [5.41, 5.74) is 0.651. The molecule has 0 saturated heterocycles. The fourth-order valence-electron chi connectivity index (χ4n) is 2.10. The normalized spacial score (nSPS) is 12.0. The molecule has 1 atom stereocenters. The molecule has 5 nitrogen and oxygen atoms in total. The van der Waals surface area contributed by atoms with Crippen LogP contribution in [-0.4, -0.2) is 50.4 Å². The van der Waals surface area contributed by atoms with Crippen LogP contribution in [0.4, 0.5) is 0 Å². The van der Waals surface area contributed by atoms with E-state index in [9.17, 15) is 9.59 Å². The molecular weight excluding hydrogens is 268 g/mol. The van der Waals surface area contributed by atoms with Gasteiger partial charge in [-0.25, -0.2) is 0 Å². The van der Waals surface area contributed by atoms with Crippen LogP contribution in [0.25, 0.3) is 0 Å². The Morgan fingerprint density at radius 1 is 1.29 bits per heavy atom. The number of nitrogens with zero attached hydrogens (tertiary/aromatic N) is 1. The molecule has 1 N–H and O–H groups in total. The van der Waals surface area contributed by atoms with Crippen LogP contribution in [0.15, 0.2) is 24.3 Å². The molecular formula is C16H24N2O3. The Balaban J connectivity index is 2.53. The molecule has 1 amide bonds. The van der Waals surface area contributed by atoms with E-state index in [1.54, 1.807) is 31.3 Å². The van der Waals surface area contributed by atoms with E-state index in [0.29, 0.717) is 18.7 Å². The van der Waals surface area contributed by atoms with Crippen LogP contribution in [0.3, 0.4) is 0 Å². The van der Waals surface area contributed by atoms with Gasteiger partial charge in [0.1, 0.15) is 5.75 Å². The largest absolute Gasteiger partial charge is 0.494 e. The maximum absolute atomic E-state index is 12.2. The zero-order valence-corrected chi connectivity index (χ0v) is 13.2. The molecule has 1 rings (SSSR count). The van der Waals surface area contributed by atoms with Gasteiger partial charge in [0.05, 0.1) is 13.2 Å². The fraction of sp³-hybridized carbons (Fsp3) is 0.500. The number of likely N-dealkylation sites (N-methyl/N-ethyl adjacent to an activating group) is 1. The van der Waals surface area contributed by atoms with Crippen LogP contribution in [0.2, 0.25) is 0 Å². The molecule has 0 heterocycles. The molecule has 1 aromatic rings. The molecule has 0 radical (unpaired) electrons. The third kappa shape index (κ3) is 5.55. The van der Waals surface area contributed by atoms with E-state index in [1.807, 2.05) is 25.8 Å². The van der Waals surface area contributed by atoms with Crippen molar-refractivity contribution in [1.82, 2.24) is 10.2 Å². The van der Waals surface area contributed by atoms with Gasteiger partial charge in [-0.15, -0.1) is 0 Å². The first-order chi connectivity index (χ1) is 9.97. The van der Waals surface area contributed by atoms with Gasteiger partial charge in [-0.2, -0.15) is 0 Å². The Hall–Kier alpha value is -1.88. The molecule has 116 valence electrons. The van der Waals surface area contributed by atoms with Gasteiger partial charge in [0.25, 0.3) is 0 Å². The predicted molar refractivity (Wildman–Crippen MR) is 82.7 cm³/mol. The van der Waals surface area contributed by atoms with Crippen molar-refractivity contribution in [3.8, 4) is 5.75 Å². The zero-order valence-electron chi connectivity index (χ0n) is 13.2. The maximum Gasteiger partial charge on any atom is 0.223 e. The van der Waals surface area contributed by atoms with Crippen molar-refractivity contribution in [2.75, 3.05) is 33.8 Å². The van der Waals surface area contributed by atoms with Gasteiger partial charge in [0.2, 0.25) is 5.91 Å². The Bertz CT molecular complexity index is 471. The Morgan fingerprint density at radius 3 is 2.43 bits per heavy atom. The minimum Gasteiger partial charge on any atom is -0.494 e. The second-order valence-corrected chi connectivity index (χ2v) is 5.09. The van der Waals surface area contributed by atoms with E-state index in [4.69, 9.17) is 4.74 Å². The van der Waals surface area contributed by atoms with Gasteiger partial charge >= 0.3 is 0 Å². The summed E-state index contributed by atoms with van der Waals surface area (Å²) in [6, 6.07) is 7.13. The van der Waals surface area contributed by atoms with Crippen LogP contribution < -0.4 is 10.1 Å². The van der Waals surface area contributed by atoms with E-state index in [2.05, 4.69) is 5.32 Å². The monoisotopic (exact) mass is 292 g/mol. The fourth-order valence-corrected chi connectivity index (χ4v) is 2.10. The highest BCUT2D eigenvalue weighted by Crippen LogP contribution is 2.13. The molecule has 1 unspecified atom stereocenters. The van der Waals surface area contributed by atoms with E-state index in [0.717, 1.165) is 5.75 Å². The van der Waals surface area contributed by atoms with Crippen LogP contribution in [-0.2, 0) is 4.79 Å². The summed E-state index contributed by atoms with van der Waals surface area (Å²) in [6.45, 7) is 5.20. The first-order valence-corrected chi connectivity index (χ1v) is 7.14. The number of ether oxygens (including phenoxy) is 1. The lowest BCUT2D eigenvalue weighted by atomic mass is 10.1. The molecule has 0 aliphatic heterocycles.